The number of rotatable bonds is 5. The molecule has 0 N–H and O–H groups in total. The van der Waals surface area contributed by atoms with Crippen molar-refractivity contribution in [3.05, 3.63) is 78.6 Å². The molecule has 8 rings (SSSR count). The lowest BCUT2D eigenvalue weighted by Gasteiger charge is -2.28. The maximum Gasteiger partial charge on any atom is 0.139 e. The third-order valence-corrected chi connectivity index (χ3v) is 14.2. The maximum atomic E-state index is 5.06. The Balaban J connectivity index is 1.51. The van der Waals surface area contributed by atoms with Crippen LogP contribution < -0.4 is 71.0 Å². The molecular formula is C41H43B13N2. The third-order valence-electron chi connectivity index (χ3n) is 14.2. The summed E-state index contributed by atoms with van der Waals surface area (Å²) in [6.07, 6.45) is 0.855. The van der Waals surface area contributed by atoms with E-state index < -0.39 is 0 Å². The molecule has 8 aromatic rings. The number of hydrogen-bond donors (Lipinski definition) is 0. The fourth-order valence-electron chi connectivity index (χ4n) is 9.84. The Morgan fingerprint density at radius 3 is 1.30 bits per heavy atom. The molecule has 0 unspecified atom stereocenters. The Labute approximate surface area is 344 Å². The Kier molecular flexibility index (Phi) is 9.62. The highest BCUT2D eigenvalue weighted by Crippen LogP contribution is 2.41. The SMILES string of the molecule is Bc1c(B)c(B)c(-c2ccc(-c3c4c(B)c(B)c(B)c(B)c4c(-c4cccc(-n5c(CC)nc6ccccc65)c4)c4c(B)c(B)c(B)c(B)c34)cc2)c(B)c1B. The first-order valence-electron chi connectivity index (χ1n) is 20.4. The van der Waals surface area contributed by atoms with Gasteiger partial charge in [0, 0.05) is 12.1 Å². The van der Waals surface area contributed by atoms with Gasteiger partial charge in [0.25, 0.3) is 0 Å². The topological polar surface area (TPSA) is 17.8 Å². The molecule has 0 saturated heterocycles. The van der Waals surface area contributed by atoms with E-state index in [-0.39, 0.29) is 0 Å². The number of nitrogens with zero attached hydrogens (tertiary/aromatic N) is 2. The standard InChI is InChI=1S/C41H43B13N2/c1-2-21-55-19-8-3-4-9-20(19)56(21)18-7-5-6-17(14-18)23-27-25(31(44)37(50)39(52)33(27)46)22(26-28(23)34(47)40(53)38(51)32(26)45)15-10-12-16(13-11-15)24-29(42)35(48)41(54)36(49)30(24)43/h3-14H,2,42-54H2,1H3. The lowest BCUT2D eigenvalue weighted by atomic mass is 9.59. The summed E-state index contributed by atoms with van der Waals surface area (Å²) in [5.41, 5.74) is 29.1. The van der Waals surface area contributed by atoms with Gasteiger partial charge < -0.3 is 0 Å². The summed E-state index contributed by atoms with van der Waals surface area (Å²) >= 11 is 0. The van der Waals surface area contributed by atoms with Crippen LogP contribution in [0.25, 0.3) is 71.6 Å². The molecule has 256 valence electrons. The molecule has 0 aliphatic rings. The van der Waals surface area contributed by atoms with Crippen LogP contribution >= 0.6 is 0 Å². The van der Waals surface area contributed by atoms with E-state index in [0.29, 0.717) is 0 Å². The zero-order valence-corrected chi connectivity index (χ0v) is 36.0. The van der Waals surface area contributed by atoms with Crippen molar-refractivity contribution in [2.45, 2.75) is 13.3 Å². The van der Waals surface area contributed by atoms with Gasteiger partial charge in [-0.2, -0.15) is 0 Å². The molecule has 0 spiro atoms. The number of aromatic nitrogens is 2. The van der Waals surface area contributed by atoms with Gasteiger partial charge in [-0.25, -0.2) is 4.98 Å². The summed E-state index contributed by atoms with van der Waals surface area (Å²) in [4.78, 5) is 5.06. The van der Waals surface area contributed by atoms with Crippen molar-refractivity contribution in [2.24, 2.45) is 0 Å². The minimum absolute atomic E-state index is 0.855. The molecule has 0 fully saturated rings. The normalized spacial score (nSPS) is 11.6. The lowest BCUT2D eigenvalue weighted by molar-refractivity contribution is 0.908. The fourth-order valence-corrected chi connectivity index (χ4v) is 9.84. The van der Waals surface area contributed by atoms with E-state index in [1.54, 1.807) is 0 Å². The predicted molar refractivity (Wildman–Crippen MR) is 288 cm³/mol. The molecule has 1 heterocycles. The van der Waals surface area contributed by atoms with Crippen LogP contribution in [0.15, 0.2) is 72.8 Å². The summed E-state index contributed by atoms with van der Waals surface area (Å²) in [5.74, 6) is 1.08. The first kappa shape index (κ1) is 38.3. The van der Waals surface area contributed by atoms with E-state index in [1.165, 1.54) is 126 Å². The molecule has 0 amide bonds. The number of benzene rings is 7. The quantitative estimate of drug-likeness (QED) is 0.129. The van der Waals surface area contributed by atoms with Crippen molar-refractivity contribution in [3.63, 3.8) is 0 Å². The van der Waals surface area contributed by atoms with Gasteiger partial charge in [-0.1, -0.05) is 88.2 Å². The second kappa shape index (κ2) is 14.1. The molecule has 56 heavy (non-hydrogen) atoms. The molecule has 2 nitrogen and oxygen atoms in total. The van der Waals surface area contributed by atoms with Crippen LogP contribution in [0.5, 0.6) is 0 Å². The smallest absolute Gasteiger partial charge is 0.139 e. The van der Waals surface area contributed by atoms with Crippen LogP contribution in [0.1, 0.15) is 12.7 Å². The van der Waals surface area contributed by atoms with E-state index in [2.05, 4.69) is 186 Å². The highest BCUT2D eigenvalue weighted by Gasteiger charge is 2.26. The summed E-state index contributed by atoms with van der Waals surface area (Å²) in [7, 11) is 30.1. The molecule has 0 aliphatic carbocycles. The lowest BCUT2D eigenvalue weighted by Crippen LogP contribution is -2.55. The highest BCUT2D eigenvalue weighted by molar-refractivity contribution is 6.72. The highest BCUT2D eigenvalue weighted by atomic mass is 15.1. The molecule has 1 aromatic heterocycles. The maximum absolute atomic E-state index is 5.06. The molecule has 7 aromatic carbocycles. The average molecular weight is 704 g/mol. The first-order chi connectivity index (χ1) is 26.7. The Morgan fingerprint density at radius 1 is 0.411 bits per heavy atom. The zero-order chi connectivity index (χ0) is 40.1. The number of fused-ring (bicyclic) bond motifs is 3. The average Bonchev–Trinajstić information content (AvgIpc) is 3.60. The Hall–Kier alpha value is -4.63. The molecule has 0 saturated carbocycles. The van der Waals surface area contributed by atoms with E-state index in [0.717, 1.165) is 29.0 Å². The summed E-state index contributed by atoms with van der Waals surface area (Å²) in [5, 5.41) is 5.47. The van der Waals surface area contributed by atoms with Crippen LogP contribution in [0.4, 0.5) is 0 Å². The Morgan fingerprint density at radius 2 is 0.821 bits per heavy atom. The Bertz CT molecular complexity index is 2880. The van der Waals surface area contributed by atoms with Crippen molar-refractivity contribution in [1.82, 2.24) is 9.55 Å². The van der Waals surface area contributed by atoms with E-state index in [9.17, 15) is 0 Å². The van der Waals surface area contributed by atoms with Gasteiger partial charge in [0.15, 0.2) is 0 Å². The summed E-state index contributed by atoms with van der Waals surface area (Å²) in [6, 6.07) is 27.3. The number of imidazole rings is 1. The van der Waals surface area contributed by atoms with Gasteiger partial charge in [0.2, 0.25) is 0 Å². The fraction of sp³-hybridized carbons (Fsp3) is 0.0488. The van der Waals surface area contributed by atoms with Crippen molar-refractivity contribution in [3.8, 4) is 39.1 Å². The van der Waals surface area contributed by atoms with Crippen LogP contribution in [0, 0.1) is 0 Å². The minimum Gasteiger partial charge on any atom is -0.296 e. The second-order valence-corrected chi connectivity index (χ2v) is 16.6. The minimum atomic E-state index is 0.855. The van der Waals surface area contributed by atoms with E-state index in [4.69, 9.17) is 4.98 Å². The van der Waals surface area contributed by atoms with Gasteiger partial charge in [-0.15, -0.1) is 38.2 Å². The van der Waals surface area contributed by atoms with Crippen LogP contribution in [-0.4, -0.2) is 112 Å². The third kappa shape index (κ3) is 5.54. The molecular weight excluding hydrogens is 661 g/mol. The molecule has 0 bridgehead atoms. The predicted octanol–water partition coefficient (Wildman–Crippen LogP) is -11.7. The van der Waals surface area contributed by atoms with Crippen molar-refractivity contribution >= 4 is 206 Å². The molecule has 0 atom stereocenters. The molecule has 15 heteroatoms. The molecule has 0 radical (unpaired) electrons. The van der Waals surface area contributed by atoms with Gasteiger partial charge in [-0.05, 0) is 79.2 Å². The number of hydrogen-bond acceptors (Lipinski definition) is 1. The van der Waals surface area contributed by atoms with E-state index >= 15 is 0 Å². The van der Waals surface area contributed by atoms with Crippen LogP contribution in [-0.2, 0) is 6.42 Å². The zero-order valence-electron chi connectivity index (χ0n) is 36.0. The van der Waals surface area contributed by atoms with Gasteiger partial charge in [-0.3, -0.25) is 4.57 Å². The molecule has 0 aliphatic heterocycles. The first-order valence-corrected chi connectivity index (χ1v) is 20.4. The van der Waals surface area contributed by atoms with Crippen molar-refractivity contribution in [1.29, 1.82) is 0 Å². The van der Waals surface area contributed by atoms with Gasteiger partial charge >= 0.3 is 0 Å². The van der Waals surface area contributed by atoms with Crippen LogP contribution in [0.2, 0.25) is 0 Å². The van der Waals surface area contributed by atoms with Crippen molar-refractivity contribution in [2.75, 3.05) is 0 Å². The van der Waals surface area contributed by atoms with Crippen LogP contribution in [0.3, 0.4) is 0 Å². The number of aryl methyl sites for hydroxylation is 1. The van der Waals surface area contributed by atoms with Gasteiger partial charge in [0.05, 0.1) is 11.0 Å². The second-order valence-electron chi connectivity index (χ2n) is 16.6. The summed E-state index contributed by atoms with van der Waals surface area (Å²) in [6.45, 7) is 2.20. The van der Waals surface area contributed by atoms with Gasteiger partial charge in [0.1, 0.15) is 108 Å². The largest absolute Gasteiger partial charge is 0.296 e. The van der Waals surface area contributed by atoms with Crippen molar-refractivity contribution < 1.29 is 0 Å². The van der Waals surface area contributed by atoms with E-state index in [1.807, 2.05) is 0 Å². The number of para-hydroxylation sites is 2. The monoisotopic (exact) mass is 706 g/mol. The summed E-state index contributed by atoms with van der Waals surface area (Å²) < 4.78 is 2.36.